The van der Waals surface area contributed by atoms with Gasteiger partial charge in [-0.05, 0) is 58.5 Å². The first-order valence-corrected chi connectivity index (χ1v) is 11.0. The van der Waals surface area contributed by atoms with Gasteiger partial charge in [0.1, 0.15) is 18.5 Å². The van der Waals surface area contributed by atoms with E-state index in [1.54, 1.807) is 0 Å². The SMILES string of the molecule is CC(O)c1ccc(-c2ccc(OCC3CO3)c(-c3ccccc3)c2)cc1-c1ccccc1. The zero-order valence-corrected chi connectivity index (χ0v) is 18.1. The summed E-state index contributed by atoms with van der Waals surface area (Å²) in [5.74, 6) is 0.860. The van der Waals surface area contributed by atoms with Crippen molar-refractivity contribution in [3.8, 4) is 39.1 Å². The Morgan fingerprint density at radius 1 is 0.781 bits per heavy atom. The summed E-state index contributed by atoms with van der Waals surface area (Å²) in [4.78, 5) is 0. The van der Waals surface area contributed by atoms with E-state index in [4.69, 9.17) is 9.47 Å². The molecule has 4 aromatic carbocycles. The Balaban J connectivity index is 1.58. The van der Waals surface area contributed by atoms with E-state index in [0.29, 0.717) is 6.61 Å². The van der Waals surface area contributed by atoms with Gasteiger partial charge in [-0.1, -0.05) is 78.9 Å². The van der Waals surface area contributed by atoms with Crippen molar-refractivity contribution < 1.29 is 14.6 Å². The fraction of sp³-hybridized carbons (Fsp3) is 0.172. The van der Waals surface area contributed by atoms with Crippen molar-refractivity contribution in [2.75, 3.05) is 13.2 Å². The molecule has 160 valence electrons. The molecule has 0 radical (unpaired) electrons. The van der Waals surface area contributed by atoms with Crippen LogP contribution in [0.2, 0.25) is 0 Å². The molecule has 3 heteroatoms. The summed E-state index contributed by atoms with van der Waals surface area (Å²) in [5, 5.41) is 10.3. The van der Waals surface area contributed by atoms with Crippen molar-refractivity contribution in [1.29, 1.82) is 0 Å². The topological polar surface area (TPSA) is 42.0 Å². The lowest BCUT2D eigenvalue weighted by Gasteiger charge is -2.16. The molecular formula is C29H26O3. The Morgan fingerprint density at radius 2 is 1.34 bits per heavy atom. The van der Waals surface area contributed by atoms with Gasteiger partial charge in [-0.15, -0.1) is 0 Å². The van der Waals surface area contributed by atoms with Gasteiger partial charge in [-0.3, -0.25) is 0 Å². The fourth-order valence-electron chi connectivity index (χ4n) is 3.99. The molecule has 1 aliphatic rings. The summed E-state index contributed by atoms with van der Waals surface area (Å²) in [6.45, 7) is 3.15. The summed E-state index contributed by atoms with van der Waals surface area (Å²) >= 11 is 0. The molecule has 0 bridgehead atoms. The highest BCUT2D eigenvalue weighted by molar-refractivity contribution is 5.81. The van der Waals surface area contributed by atoms with Crippen molar-refractivity contribution in [1.82, 2.24) is 0 Å². The van der Waals surface area contributed by atoms with E-state index in [1.165, 1.54) is 0 Å². The minimum absolute atomic E-state index is 0.208. The van der Waals surface area contributed by atoms with Crippen molar-refractivity contribution in [2.45, 2.75) is 19.1 Å². The molecule has 32 heavy (non-hydrogen) atoms. The van der Waals surface area contributed by atoms with Crippen LogP contribution in [0.5, 0.6) is 5.75 Å². The Bertz CT molecular complexity index is 1200. The second kappa shape index (κ2) is 8.99. The standard InChI is InChI=1S/C29H26O3/c1-20(30)26-14-12-23(16-27(26)21-8-4-2-5-9-21)24-13-15-29(32-19-25-18-31-25)28(17-24)22-10-6-3-7-11-22/h2-17,20,25,30H,18-19H2,1H3. The fourth-order valence-corrected chi connectivity index (χ4v) is 3.99. The maximum atomic E-state index is 10.3. The molecule has 0 saturated carbocycles. The molecule has 0 aromatic heterocycles. The van der Waals surface area contributed by atoms with Gasteiger partial charge in [-0.25, -0.2) is 0 Å². The first kappa shape index (κ1) is 20.5. The molecule has 0 spiro atoms. The largest absolute Gasteiger partial charge is 0.490 e. The minimum atomic E-state index is -0.542. The van der Waals surface area contributed by atoms with Crippen molar-refractivity contribution in [3.63, 3.8) is 0 Å². The highest BCUT2D eigenvalue weighted by Crippen LogP contribution is 2.37. The molecule has 1 fully saturated rings. The highest BCUT2D eigenvalue weighted by atomic mass is 16.6. The minimum Gasteiger partial charge on any atom is -0.490 e. The lowest BCUT2D eigenvalue weighted by molar-refractivity contribution is 0.200. The van der Waals surface area contributed by atoms with Crippen LogP contribution in [-0.2, 0) is 4.74 Å². The van der Waals surface area contributed by atoms with E-state index in [-0.39, 0.29) is 6.10 Å². The van der Waals surface area contributed by atoms with E-state index in [1.807, 2.05) is 55.5 Å². The molecule has 1 N–H and O–H groups in total. The number of hydrogen-bond acceptors (Lipinski definition) is 3. The van der Waals surface area contributed by atoms with Gasteiger partial charge in [0.25, 0.3) is 0 Å². The third-order valence-corrected chi connectivity index (χ3v) is 5.81. The second-order valence-corrected chi connectivity index (χ2v) is 8.19. The van der Waals surface area contributed by atoms with E-state index in [0.717, 1.165) is 51.3 Å². The van der Waals surface area contributed by atoms with Crippen LogP contribution in [0.1, 0.15) is 18.6 Å². The Labute approximate surface area is 188 Å². The van der Waals surface area contributed by atoms with Gasteiger partial charge in [-0.2, -0.15) is 0 Å². The summed E-state index contributed by atoms with van der Waals surface area (Å²) in [6.07, 6.45) is -0.334. The van der Waals surface area contributed by atoms with Gasteiger partial charge in [0.2, 0.25) is 0 Å². The van der Waals surface area contributed by atoms with E-state index in [2.05, 4.69) is 48.5 Å². The van der Waals surface area contributed by atoms with Crippen LogP contribution in [0, 0.1) is 0 Å². The van der Waals surface area contributed by atoms with Crippen LogP contribution in [0.15, 0.2) is 97.1 Å². The second-order valence-electron chi connectivity index (χ2n) is 8.19. The van der Waals surface area contributed by atoms with E-state index >= 15 is 0 Å². The summed E-state index contributed by atoms with van der Waals surface area (Å²) in [5.41, 5.74) is 7.45. The summed E-state index contributed by atoms with van der Waals surface area (Å²) < 4.78 is 11.4. The number of hydrogen-bond donors (Lipinski definition) is 1. The monoisotopic (exact) mass is 422 g/mol. The quantitative estimate of drug-likeness (QED) is 0.345. The number of epoxide rings is 1. The first-order valence-electron chi connectivity index (χ1n) is 11.0. The van der Waals surface area contributed by atoms with Crippen LogP contribution in [0.4, 0.5) is 0 Å². The maximum Gasteiger partial charge on any atom is 0.127 e. The van der Waals surface area contributed by atoms with Gasteiger partial charge >= 0.3 is 0 Å². The average Bonchev–Trinajstić information content (AvgIpc) is 3.68. The van der Waals surface area contributed by atoms with Gasteiger partial charge < -0.3 is 14.6 Å². The Hall–Kier alpha value is -3.40. The number of rotatable bonds is 7. The van der Waals surface area contributed by atoms with Crippen LogP contribution in [-0.4, -0.2) is 24.4 Å². The zero-order chi connectivity index (χ0) is 21.9. The number of ether oxygens (including phenoxy) is 2. The molecule has 1 heterocycles. The van der Waals surface area contributed by atoms with Crippen molar-refractivity contribution >= 4 is 0 Å². The average molecular weight is 423 g/mol. The molecular weight excluding hydrogens is 396 g/mol. The van der Waals surface area contributed by atoms with Crippen LogP contribution >= 0.6 is 0 Å². The van der Waals surface area contributed by atoms with Crippen LogP contribution < -0.4 is 4.74 Å². The van der Waals surface area contributed by atoms with E-state index in [9.17, 15) is 5.11 Å². The smallest absolute Gasteiger partial charge is 0.127 e. The lowest BCUT2D eigenvalue weighted by Crippen LogP contribution is -2.05. The predicted molar refractivity (Wildman–Crippen MR) is 129 cm³/mol. The predicted octanol–water partition coefficient (Wildman–Crippen LogP) is 6.52. The third kappa shape index (κ3) is 4.45. The molecule has 4 aromatic rings. The maximum absolute atomic E-state index is 10.3. The Kier molecular flexibility index (Phi) is 5.76. The summed E-state index contributed by atoms with van der Waals surface area (Å²) in [6, 6.07) is 33.1. The van der Waals surface area contributed by atoms with Gasteiger partial charge in [0, 0.05) is 5.56 Å². The van der Waals surface area contributed by atoms with Gasteiger partial charge in [0.15, 0.2) is 0 Å². The zero-order valence-electron chi connectivity index (χ0n) is 18.1. The molecule has 0 aliphatic carbocycles. The van der Waals surface area contributed by atoms with Crippen LogP contribution in [0.3, 0.4) is 0 Å². The van der Waals surface area contributed by atoms with Gasteiger partial charge in [0.05, 0.1) is 12.7 Å². The molecule has 3 nitrogen and oxygen atoms in total. The Morgan fingerprint density at radius 3 is 1.94 bits per heavy atom. The van der Waals surface area contributed by atoms with E-state index < -0.39 is 6.10 Å². The number of aliphatic hydroxyl groups excluding tert-OH is 1. The molecule has 5 rings (SSSR count). The lowest BCUT2D eigenvalue weighted by atomic mass is 9.91. The molecule has 1 aliphatic heterocycles. The normalized spacial score (nSPS) is 15.9. The summed E-state index contributed by atoms with van der Waals surface area (Å²) in [7, 11) is 0. The first-order chi connectivity index (χ1) is 15.7. The molecule has 2 atom stereocenters. The molecule has 0 amide bonds. The molecule has 1 saturated heterocycles. The highest BCUT2D eigenvalue weighted by Gasteiger charge is 2.24. The van der Waals surface area contributed by atoms with Crippen molar-refractivity contribution in [3.05, 3.63) is 103 Å². The van der Waals surface area contributed by atoms with Crippen molar-refractivity contribution in [2.24, 2.45) is 0 Å². The van der Waals surface area contributed by atoms with Crippen LogP contribution in [0.25, 0.3) is 33.4 Å². The third-order valence-electron chi connectivity index (χ3n) is 5.81. The number of benzene rings is 4. The number of aliphatic hydroxyl groups is 1. The molecule has 2 unspecified atom stereocenters.